The topological polar surface area (TPSA) is 169 Å². The fourth-order valence-electron chi connectivity index (χ4n) is 3.93. The Bertz CT molecular complexity index is 1040. The number of phosphoric ester groups is 1. The zero-order chi connectivity index (χ0) is 35.0. The molecule has 0 saturated carbocycles. The molecule has 0 spiro atoms. The molecule has 3 unspecified atom stereocenters. The maximum atomic E-state index is 12.1. The van der Waals surface area contributed by atoms with Crippen LogP contribution in [0.15, 0.2) is 60.8 Å². The maximum Gasteiger partial charge on any atom is 0.472 e. The van der Waals surface area contributed by atoms with Crippen molar-refractivity contribution in [2.24, 2.45) is 0 Å². The molecule has 0 heterocycles. The number of allylic oxidation sites excluding steroid dienone is 10. The summed E-state index contributed by atoms with van der Waals surface area (Å²) in [5.74, 6) is -2.45. The van der Waals surface area contributed by atoms with Gasteiger partial charge in [-0.15, -0.1) is 0 Å². The SMILES string of the molecule is CC/C=C\C/C=C\C/C=C\C/C=C\C/C=C\CCCCCC(=O)OCC(O)COP(=O)(O)OCC(NC(=O)CCCCCC)C(=O)O. The Morgan fingerprint density at radius 2 is 1.23 bits per heavy atom. The van der Waals surface area contributed by atoms with Gasteiger partial charge in [-0.05, 0) is 57.8 Å². The fraction of sp³-hybridized carbons (Fsp3) is 0.629. The molecule has 0 bridgehead atoms. The van der Waals surface area contributed by atoms with Gasteiger partial charge in [0.1, 0.15) is 12.7 Å². The Labute approximate surface area is 281 Å². The standard InChI is InChI=1S/C35H58NO10P/c1-3-5-7-9-10-11-12-13-14-15-16-17-18-19-20-21-22-23-25-27-34(39)44-28-31(37)29-45-47(42,43)46-30-32(35(40)41)36-33(38)26-24-8-6-4-2/h5,7,10-11,13-14,16-17,19-20,31-32,37H,3-4,6,8-9,12,15,18,21-30H2,1-2H3,(H,36,38)(H,40,41)(H,42,43)/b7-5-,11-10-,14-13-,17-16-,20-19-. The first kappa shape index (κ1) is 44.2. The molecular formula is C35H58NO10P. The second-order valence-corrected chi connectivity index (χ2v) is 12.4. The number of carbonyl (C=O) groups is 3. The van der Waals surface area contributed by atoms with Crippen molar-refractivity contribution in [3.05, 3.63) is 60.8 Å². The Kier molecular flexibility index (Phi) is 28.7. The lowest BCUT2D eigenvalue weighted by molar-refractivity contribution is -0.147. The minimum absolute atomic E-state index is 0.132. The number of ether oxygens (including phenoxy) is 1. The number of phosphoric acid groups is 1. The molecule has 0 saturated heterocycles. The van der Waals surface area contributed by atoms with Crippen molar-refractivity contribution in [3.63, 3.8) is 0 Å². The van der Waals surface area contributed by atoms with E-state index < -0.39 is 57.6 Å². The van der Waals surface area contributed by atoms with Crippen LogP contribution in [-0.4, -0.2) is 64.9 Å². The van der Waals surface area contributed by atoms with Crippen LogP contribution in [0.3, 0.4) is 0 Å². The maximum absolute atomic E-state index is 12.1. The van der Waals surface area contributed by atoms with Crippen LogP contribution in [0.25, 0.3) is 0 Å². The molecule has 0 aliphatic heterocycles. The van der Waals surface area contributed by atoms with Crippen LogP contribution in [-0.2, 0) is 32.7 Å². The van der Waals surface area contributed by atoms with E-state index in [-0.39, 0.29) is 12.8 Å². The zero-order valence-electron chi connectivity index (χ0n) is 28.3. The van der Waals surface area contributed by atoms with E-state index >= 15 is 0 Å². The van der Waals surface area contributed by atoms with Crippen molar-refractivity contribution in [3.8, 4) is 0 Å². The Hall–Kier alpha value is -2.82. The minimum Gasteiger partial charge on any atom is -0.480 e. The lowest BCUT2D eigenvalue weighted by Crippen LogP contribution is -2.43. The predicted molar refractivity (Wildman–Crippen MR) is 185 cm³/mol. The van der Waals surface area contributed by atoms with E-state index in [2.05, 4.69) is 82.0 Å². The number of esters is 1. The molecular weight excluding hydrogens is 625 g/mol. The van der Waals surface area contributed by atoms with Gasteiger partial charge in [-0.1, -0.05) is 100 Å². The molecule has 0 aromatic carbocycles. The van der Waals surface area contributed by atoms with Crippen molar-refractivity contribution < 1.29 is 47.8 Å². The summed E-state index contributed by atoms with van der Waals surface area (Å²) < 4.78 is 26.4. The fourth-order valence-corrected chi connectivity index (χ4v) is 4.70. The summed E-state index contributed by atoms with van der Waals surface area (Å²) in [7, 11) is -4.74. The summed E-state index contributed by atoms with van der Waals surface area (Å²) in [5.41, 5.74) is 0. The molecule has 0 aliphatic carbocycles. The van der Waals surface area contributed by atoms with E-state index in [0.29, 0.717) is 12.8 Å². The molecule has 0 fully saturated rings. The van der Waals surface area contributed by atoms with Crippen molar-refractivity contribution in [2.75, 3.05) is 19.8 Å². The number of nitrogens with one attached hydrogen (secondary N) is 1. The third-order valence-corrected chi connectivity index (χ3v) is 7.52. The van der Waals surface area contributed by atoms with Crippen LogP contribution in [0.5, 0.6) is 0 Å². The first-order valence-electron chi connectivity index (χ1n) is 16.8. The van der Waals surface area contributed by atoms with Crippen LogP contribution in [0.2, 0.25) is 0 Å². The van der Waals surface area contributed by atoms with Gasteiger partial charge in [-0.25, -0.2) is 9.36 Å². The number of hydrogen-bond acceptors (Lipinski definition) is 8. The predicted octanol–water partition coefficient (Wildman–Crippen LogP) is 7.27. The van der Waals surface area contributed by atoms with E-state index in [0.717, 1.165) is 70.6 Å². The van der Waals surface area contributed by atoms with Crippen LogP contribution in [0.1, 0.15) is 110 Å². The average molecular weight is 684 g/mol. The molecule has 1 amide bonds. The number of carbonyl (C=O) groups excluding carboxylic acids is 2. The Morgan fingerprint density at radius 1 is 0.702 bits per heavy atom. The number of hydrogen-bond donors (Lipinski definition) is 4. The number of carboxylic acid groups (broad SMARTS) is 1. The molecule has 0 aliphatic rings. The molecule has 0 radical (unpaired) electrons. The first-order valence-corrected chi connectivity index (χ1v) is 18.3. The van der Waals surface area contributed by atoms with Gasteiger partial charge in [0.05, 0.1) is 13.2 Å². The van der Waals surface area contributed by atoms with Crippen molar-refractivity contribution in [2.45, 2.75) is 122 Å². The van der Waals surface area contributed by atoms with Gasteiger partial charge >= 0.3 is 19.8 Å². The van der Waals surface area contributed by atoms with Gasteiger partial charge in [0, 0.05) is 12.8 Å². The minimum atomic E-state index is -4.74. The second kappa shape index (κ2) is 30.5. The quantitative estimate of drug-likeness (QED) is 0.0262. The molecule has 0 aromatic heterocycles. The van der Waals surface area contributed by atoms with Gasteiger partial charge in [0.25, 0.3) is 0 Å². The van der Waals surface area contributed by atoms with Gasteiger partial charge < -0.3 is 25.2 Å². The lowest BCUT2D eigenvalue weighted by atomic mass is 10.1. The number of carboxylic acids is 1. The van der Waals surface area contributed by atoms with Crippen LogP contribution < -0.4 is 5.32 Å². The summed E-state index contributed by atoms with van der Waals surface area (Å²) in [4.78, 5) is 45.1. The van der Waals surface area contributed by atoms with Crippen LogP contribution in [0.4, 0.5) is 0 Å². The summed E-state index contributed by atoms with van der Waals surface area (Å²) in [6, 6.07) is -1.55. The Balaban J connectivity index is 3.97. The van der Waals surface area contributed by atoms with Crippen molar-refractivity contribution in [1.82, 2.24) is 5.32 Å². The molecule has 11 nitrogen and oxygen atoms in total. The Morgan fingerprint density at radius 3 is 1.81 bits per heavy atom. The summed E-state index contributed by atoms with van der Waals surface area (Å²) >= 11 is 0. The van der Waals surface area contributed by atoms with Gasteiger partial charge in [-0.2, -0.15) is 0 Å². The van der Waals surface area contributed by atoms with Crippen LogP contribution >= 0.6 is 7.82 Å². The summed E-state index contributed by atoms with van der Waals surface area (Å²) in [6.07, 6.45) is 32.0. The van der Waals surface area contributed by atoms with E-state index in [1.165, 1.54) is 0 Å². The summed E-state index contributed by atoms with van der Waals surface area (Å²) in [6.45, 7) is 2.22. The number of rotatable bonds is 30. The third kappa shape index (κ3) is 30.3. The van der Waals surface area contributed by atoms with Crippen LogP contribution in [0, 0.1) is 0 Å². The number of aliphatic carboxylic acids is 1. The van der Waals surface area contributed by atoms with Gasteiger partial charge in [0.15, 0.2) is 6.04 Å². The molecule has 268 valence electrons. The smallest absolute Gasteiger partial charge is 0.472 e. The molecule has 4 N–H and O–H groups in total. The van der Waals surface area contributed by atoms with Crippen molar-refractivity contribution in [1.29, 1.82) is 0 Å². The third-order valence-electron chi connectivity index (χ3n) is 6.57. The average Bonchev–Trinajstić information content (AvgIpc) is 3.04. The van der Waals surface area contributed by atoms with Gasteiger partial charge in [-0.3, -0.25) is 18.6 Å². The molecule has 47 heavy (non-hydrogen) atoms. The molecule has 12 heteroatoms. The highest BCUT2D eigenvalue weighted by Gasteiger charge is 2.28. The normalized spacial score (nSPS) is 14.8. The highest BCUT2D eigenvalue weighted by Crippen LogP contribution is 2.43. The lowest BCUT2D eigenvalue weighted by Gasteiger charge is -2.18. The van der Waals surface area contributed by atoms with E-state index in [1.807, 2.05) is 6.92 Å². The number of unbranched alkanes of at least 4 members (excludes halogenated alkanes) is 6. The van der Waals surface area contributed by atoms with E-state index in [1.54, 1.807) is 0 Å². The van der Waals surface area contributed by atoms with E-state index in [4.69, 9.17) is 4.74 Å². The van der Waals surface area contributed by atoms with Crippen molar-refractivity contribution >= 4 is 25.7 Å². The number of aliphatic hydroxyl groups excluding tert-OH is 1. The largest absolute Gasteiger partial charge is 0.480 e. The highest BCUT2D eigenvalue weighted by molar-refractivity contribution is 7.47. The molecule has 0 aromatic rings. The number of aliphatic hydroxyl groups is 1. The second-order valence-electron chi connectivity index (χ2n) is 11.0. The zero-order valence-corrected chi connectivity index (χ0v) is 29.2. The molecule has 0 rings (SSSR count). The summed E-state index contributed by atoms with van der Waals surface area (Å²) in [5, 5.41) is 21.5. The highest BCUT2D eigenvalue weighted by atomic mass is 31.2. The van der Waals surface area contributed by atoms with E-state index in [9.17, 15) is 34.1 Å². The molecule has 3 atom stereocenters. The van der Waals surface area contributed by atoms with Gasteiger partial charge in [0.2, 0.25) is 5.91 Å². The first-order chi connectivity index (χ1) is 22.6. The monoisotopic (exact) mass is 683 g/mol. The number of amides is 1.